The Labute approximate surface area is 158 Å². The second-order valence-electron chi connectivity index (χ2n) is 5.83. The predicted octanol–water partition coefficient (Wildman–Crippen LogP) is 5.02. The van der Waals surface area contributed by atoms with Crippen LogP contribution >= 0.6 is 31.9 Å². The fraction of sp³-hybridized carbons (Fsp3) is 0.333. The maximum absolute atomic E-state index is 5.95. The first-order chi connectivity index (χ1) is 11.5. The van der Waals surface area contributed by atoms with E-state index in [9.17, 15) is 0 Å². The highest BCUT2D eigenvalue weighted by Gasteiger charge is 2.14. The summed E-state index contributed by atoms with van der Waals surface area (Å²) in [7, 11) is 0. The van der Waals surface area contributed by atoms with Crippen LogP contribution in [0.5, 0.6) is 17.2 Å². The lowest BCUT2D eigenvalue weighted by Gasteiger charge is -2.17. The minimum atomic E-state index is 0.120. The highest BCUT2D eigenvalue weighted by atomic mass is 79.9. The lowest BCUT2D eigenvalue weighted by atomic mass is 10.1. The average molecular weight is 457 g/mol. The zero-order chi connectivity index (χ0) is 17.1. The Morgan fingerprint density at radius 1 is 1.08 bits per heavy atom. The number of hydrogen-bond acceptors (Lipinski definition) is 4. The molecule has 128 valence electrons. The van der Waals surface area contributed by atoms with Crippen molar-refractivity contribution in [3.63, 3.8) is 0 Å². The fourth-order valence-corrected chi connectivity index (χ4v) is 3.91. The third-order valence-corrected chi connectivity index (χ3v) is 4.57. The normalized spacial score (nSPS) is 12.7. The largest absolute Gasteiger partial charge is 0.489 e. The lowest BCUT2D eigenvalue weighted by Crippen LogP contribution is -2.15. The summed E-state index contributed by atoms with van der Waals surface area (Å²) in [6, 6.07) is 10.1. The van der Waals surface area contributed by atoms with Crippen molar-refractivity contribution in [1.29, 1.82) is 0 Å². The van der Waals surface area contributed by atoms with Crippen LogP contribution in [-0.4, -0.2) is 12.9 Å². The standard InChI is InChI=1S/C18H19Br2NO3/c1-11(2)24-18-13(6-14(19)7-15(18)20)9-21-8-12-3-4-16-17(5-12)23-10-22-16/h3-7,11,21H,8-10H2,1-2H3. The molecule has 0 saturated carbocycles. The maximum Gasteiger partial charge on any atom is 0.231 e. The third kappa shape index (κ3) is 4.23. The van der Waals surface area contributed by atoms with Crippen molar-refractivity contribution in [1.82, 2.24) is 5.32 Å². The van der Waals surface area contributed by atoms with E-state index < -0.39 is 0 Å². The molecule has 0 aromatic heterocycles. The number of halogens is 2. The van der Waals surface area contributed by atoms with Crippen molar-refractivity contribution in [3.05, 3.63) is 50.4 Å². The summed E-state index contributed by atoms with van der Waals surface area (Å²) in [6.45, 7) is 5.79. The molecule has 24 heavy (non-hydrogen) atoms. The lowest BCUT2D eigenvalue weighted by molar-refractivity contribution is 0.174. The number of rotatable bonds is 6. The molecule has 1 aliphatic heterocycles. The van der Waals surface area contributed by atoms with Gasteiger partial charge in [-0.1, -0.05) is 22.0 Å². The second-order valence-corrected chi connectivity index (χ2v) is 7.60. The van der Waals surface area contributed by atoms with E-state index in [0.717, 1.165) is 43.9 Å². The summed E-state index contributed by atoms with van der Waals surface area (Å²) < 4.78 is 18.7. The second kappa shape index (κ2) is 7.76. The molecule has 6 heteroatoms. The van der Waals surface area contributed by atoms with Crippen LogP contribution < -0.4 is 19.5 Å². The van der Waals surface area contributed by atoms with Crippen LogP contribution in [0.25, 0.3) is 0 Å². The summed E-state index contributed by atoms with van der Waals surface area (Å²) in [5, 5.41) is 3.46. The number of nitrogens with one attached hydrogen (secondary N) is 1. The average Bonchev–Trinajstić information content (AvgIpc) is 2.98. The first-order valence-corrected chi connectivity index (χ1v) is 9.35. The van der Waals surface area contributed by atoms with Crippen LogP contribution in [0.4, 0.5) is 0 Å². The summed E-state index contributed by atoms with van der Waals surface area (Å²) in [6.07, 6.45) is 0.120. The quantitative estimate of drug-likeness (QED) is 0.662. The van der Waals surface area contributed by atoms with E-state index in [-0.39, 0.29) is 6.10 Å². The summed E-state index contributed by atoms with van der Waals surface area (Å²) in [5.41, 5.74) is 2.25. The van der Waals surface area contributed by atoms with Crippen molar-refractivity contribution >= 4 is 31.9 Å². The van der Waals surface area contributed by atoms with Gasteiger partial charge in [-0.05, 0) is 59.6 Å². The Bertz CT molecular complexity index is 734. The SMILES string of the molecule is CC(C)Oc1c(Br)cc(Br)cc1CNCc1ccc2c(c1)OCO2. The van der Waals surface area contributed by atoms with Crippen molar-refractivity contribution in [3.8, 4) is 17.2 Å². The van der Waals surface area contributed by atoms with E-state index in [0.29, 0.717) is 13.3 Å². The zero-order valence-corrected chi connectivity index (χ0v) is 16.7. The monoisotopic (exact) mass is 455 g/mol. The number of benzene rings is 2. The molecule has 1 aliphatic rings. The molecule has 0 bridgehead atoms. The van der Waals surface area contributed by atoms with Gasteiger partial charge in [0, 0.05) is 23.1 Å². The molecule has 0 unspecified atom stereocenters. The van der Waals surface area contributed by atoms with Gasteiger partial charge in [-0.3, -0.25) is 0 Å². The van der Waals surface area contributed by atoms with Crippen LogP contribution in [0.3, 0.4) is 0 Å². The van der Waals surface area contributed by atoms with Crippen LogP contribution in [-0.2, 0) is 13.1 Å². The first-order valence-electron chi connectivity index (χ1n) is 7.77. The Hall–Kier alpha value is -1.24. The Balaban J connectivity index is 1.68. The predicted molar refractivity (Wildman–Crippen MR) is 101 cm³/mol. The van der Waals surface area contributed by atoms with Gasteiger partial charge in [-0.15, -0.1) is 0 Å². The molecule has 3 rings (SSSR count). The first kappa shape index (κ1) is 17.6. The van der Waals surface area contributed by atoms with Gasteiger partial charge < -0.3 is 19.5 Å². The number of fused-ring (bicyclic) bond motifs is 1. The summed E-state index contributed by atoms with van der Waals surface area (Å²) in [4.78, 5) is 0. The molecule has 2 aromatic rings. The minimum Gasteiger partial charge on any atom is -0.489 e. The third-order valence-electron chi connectivity index (χ3n) is 3.52. The Morgan fingerprint density at radius 3 is 2.67 bits per heavy atom. The number of ether oxygens (including phenoxy) is 3. The van der Waals surface area contributed by atoms with E-state index >= 15 is 0 Å². The van der Waals surface area contributed by atoms with E-state index in [1.54, 1.807) is 0 Å². The van der Waals surface area contributed by atoms with Gasteiger partial charge in [-0.25, -0.2) is 0 Å². The van der Waals surface area contributed by atoms with Gasteiger partial charge in [0.15, 0.2) is 11.5 Å². The van der Waals surface area contributed by atoms with Crippen molar-refractivity contribution in [2.75, 3.05) is 6.79 Å². The fourth-order valence-electron chi connectivity index (χ4n) is 2.51. The topological polar surface area (TPSA) is 39.7 Å². The molecule has 0 radical (unpaired) electrons. The molecule has 0 atom stereocenters. The minimum absolute atomic E-state index is 0.120. The van der Waals surface area contributed by atoms with Gasteiger partial charge >= 0.3 is 0 Å². The summed E-state index contributed by atoms with van der Waals surface area (Å²) in [5.74, 6) is 2.50. The molecule has 0 saturated heterocycles. The van der Waals surface area contributed by atoms with E-state index in [4.69, 9.17) is 14.2 Å². The van der Waals surface area contributed by atoms with Crippen LogP contribution in [0.1, 0.15) is 25.0 Å². The van der Waals surface area contributed by atoms with Gasteiger partial charge in [-0.2, -0.15) is 0 Å². The van der Waals surface area contributed by atoms with E-state index in [2.05, 4.69) is 43.2 Å². The van der Waals surface area contributed by atoms with Crippen molar-refractivity contribution < 1.29 is 14.2 Å². The molecular weight excluding hydrogens is 438 g/mol. The van der Waals surface area contributed by atoms with E-state index in [1.807, 2.05) is 38.1 Å². The smallest absolute Gasteiger partial charge is 0.231 e. The van der Waals surface area contributed by atoms with Gasteiger partial charge in [0.1, 0.15) is 5.75 Å². The van der Waals surface area contributed by atoms with Crippen LogP contribution in [0.2, 0.25) is 0 Å². The maximum atomic E-state index is 5.95. The van der Waals surface area contributed by atoms with E-state index in [1.165, 1.54) is 0 Å². The zero-order valence-electron chi connectivity index (χ0n) is 13.6. The molecule has 1 N–H and O–H groups in total. The Kier molecular flexibility index (Phi) is 5.69. The van der Waals surface area contributed by atoms with Gasteiger partial charge in [0.05, 0.1) is 10.6 Å². The van der Waals surface area contributed by atoms with Gasteiger partial charge in [0.2, 0.25) is 6.79 Å². The molecular formula is C18H19Br2NO3. The highest BCUT2D eigenvalue weighted by molar-refractivity contribution is 9.11. The Morgan fingerprint density at radius 2 is 1.88 bits per heavy atom. The molecule has 0 amide bonds. The van der Waals surface area contributed by atoms with Gasteiger partial charge in [0.25, 0.3) is 0 Å². The molecule has 0 aliphatic carbocycles. The van der Waals surface area contributed by atoms with Crippen molar-refractivity contribution in [2.24, 2.45) is 0 Å². The molecule has 0 spiro atoms. The highest BCUT2D eigenvalue weighted by Crippen LogP contribution is 2.34. The van der Waals surface area contributed by atoms with Crippen LogP contribution in [0, 0.1) is 0 Å². The number of hydrogen-bond donors (Lipinski definition) is 1. The molecule has 4 nitrogen and oxygen atoms in total. The van der Waals surface area contributed by atoms with Crippen LogP contribution in [0.15, 0.2) is 39.3 Å². The summed E-state index contributed by atoms with van der Waals surface area (Å²) >= 11 is 7.12. The molecule has 1 heterocycles. The molecule has 2 aromatic carbocycles. The molecule has 0 fully saturated rings. The van der Waals surface area contributed by atoms with Crippen molar-refractivity contribution in [2.45, 2.75) is 33.0 Å².